The molecule has 1 N–H and O–H groups in total. The summed E-state index contributed by atoms with van der Waals surface area (Å²) in [6.07, 6.45) is 2.26. The molecular formula is C18H27ClN2O4S. The van der Waals surface area contributed by atoms with Crippen molar-refractivity contribution in [3.05, 3.63) is 23.2 Å². The van der Waals surface area contributed by atoms with E-state index in [9.17, 15) is 13.2 Å². The van der Waals surface area contributed by atoms with Crippen LogP contribution < -0.4 is 10.1 Å². The van der Waals surface area contributed by atoms with E-state index in [-0.39, 0.29) is 28.3 Å². The molecular weight excluding hydrogens is 376 g/mol. The second-order valence-electron chi connectivity index (χ2n) is 6.97. The van der Waals surface area contributed by atoms with E-state index in [1.54, 1.807) is 0 Å². The number of halogens is 1. The molecule has 1 aliphatic heterocycles. The lowest BCUT2D eigenvalue weighted by Gasteiger charge is -2.31. The lowest BCUT2D eigenvalue weighted by molar-refractivity contribution is -0.126. The quantitative estimate of drug-likeness (QED) is 0.760. The fraction of sp³-hybridized carbons (Fsp3) is 0.611. The molecule has 2 rings (SSSR count). The number of rotatable bonds is 7. The van der Waals surface area contributed by atoms with Gasteiger partial charge in [0.15, 0.2) is 0 Å². The molecule has 8 heteroatoms. The van der Waals surface area contributed by atoms with Crippen molar-refractivity contribution in [3.63, 3.8) is 0 Å². The maximum Gasteiger partial charge on any atom is 0.243 e. The molecule has 0 aliphatic carbocycles. The summed E-state index contributed by atoms with van der Waals surface area (Å²) in [5.74, 6) is 0.544. The van der Waals surface area contributed by atoms with Crippen LogP contribution in [0.3, 0.4) is 0 Å². The molecule has 1 amide bonds. The molecule has 1 fully saturated rings. The molecule has 0 saturated carbocycles. The first-order chi connectivity index (χ1) is 12.3. The molecule has 26 heavy (non-hydrogen) atoms. The van der Waals surface area contributed by atoms with E-state index in [0.717, 1.165) is 6.42 Å². The van der Waals surface area contributed by atoms with Crippen molar-refractivity contribution in [2.75, 3.05) is 26.7 Å². The number of ether oxygens (including phenoxy) is 1. The molecule has 6 nitrogen and oxygen atoms in total. The van der Waals surface area contributed by atoms with Gasteiger partial charge in [-0.15, -0.1) is 0 Å². The molecule has 1 aliphatic rings. The second-order valence-corrected chi connectivity index (χ2v) is 9.32. The number of carbonyl (C=O) groups is 1. The average Bonchev–Trinajstić information content (AvgIpc) is 2.61. The first kappa shape index (κ1) is 21.0. The van der Waals surface area contributed by atoms with Gasteiger partial charge in [-0.05, 0) is 43.4 Å². The van der Waals surface area contributed by atoms with Crippen LogP contribution >= 0.6 is 11.6 Å². The summed E-state index contributed by atoms with van der Waals surface area (Å²) in [4.78, 5) is 12.5. The minimum absolute atomic E-state index is 0.0710. The smallest absolute Gasteiger partial charge is 0.243 e. The predicted octanol–water partition coefficient (Wildman–Crippen LogP) is 2.91. The second kappa shape index (κ2) is 9.06. The molecule has 1 atom stereocenters. The van der Waals surface area contributed by atoms with Gasteiger partial charge in [0.1, 0.15) is 5.75 Å². The first-order valence-corrected chi connectivity index (χ1v) is 10.7. The van der Waals surface area contributed by atoms with Crippen LogP contribution in [0.25, 0.3) is 0 Å². The number of methoxy groups -OCH3 is 1. The van der Waals surface area contributed by atoms with Crippen molar-refractivity contribution in [2.45, 2.75) is 38.0 Å². The largest absolute Gasteiger partial charge is 0.495 e. The fourth-order valence-electron chi connectivity index (χ4n) is 2.96. The van der Waals surface area contributed by atoms with E-state index in [1.165, 1.54) is 29.6 Å². The van der Waals surface area contributed by atoms with Gasteiger partial charge in [-0.3, -0.25) is 4.79 Å². The van der Waals surface area contributed by atoms with Crippen molar-refractivity contribution in [2.24, 2.45) is 11.8 Å². The Labute approximate surface area is 160 Å². The molecule has 1 saturated heterocycles. The van der Waals surface area contributed by atoms with Gasteiger partial charge in [-0.25, -0.2) is 8.42 Å². The molecule has 1 heterocycles. The number of nitrogens with zero attached hydrogens (tertiary/aromatic N) is 1. The van der Waals surface area contributed by atoms with Gasteiger partial charge >= 0.3 is 0 Å². The standard InChI is InChI=1S/C18H27ClN2O4S/c1-13(2)8-9-20-18(22)14-5-4-10-21(12-14)26(23,24)15-6-7-17(25-3)16(19)11-15/h6-7,11,13-14H,4-5,8-10,12H2,1-3H3,(H,20,22). The molecule has 0 bridgehead atoms. The van der Waals surface area contributed by atoms with Crippen molar-refractivity contribution in [3.8, 4) is 5.75 Å². The predicted molar refractivity (Wildman–Crippen MR) is 102 cm³/mol. The van der Waals surface area contributed by atoms with Gasteiger partial charge in [0.25, 0.3) is 0 Å². The van der Waals surface area contributed by atoms with Crippen LogP contribution in [0, 0.1) is 11.8 Å². The third-order valence-corrected chi connectivity index (χ3v) is 6.69. The van der Waals surface area contributed by atoms with Gasteiger partial charge in [0.05, 0.1) is 22.9 Å². The Hall–Kier alpha value is -1.31. The van der Waals surface area contributed by atoms with Gasteiger partial charge < -0.3 is 10.1 Å². The summed E-state index contributed by atoms with van der Waals surface area (Å²) in [6, 6.07) is 4.41. The highest BCUT2D eigenvalue weighted by molar-refractivity contribution is 7.89. The summed E-state index contributed by atoms with van der Waals surface area (Å²) in [7, 11) is -2.22. The van der Waals surface area contributed by atoms with E-state index in [2.05, 4.69) is 19.2 Å². The highest BCUT2D eigenvalue weighted by atomic mass is 35.5. The monoisotopic (exact) mass is 402 g/mol. The zero-order valence-electron chi connectivity index (χ0n) is 15.5. The molecule has 146 valence electrons. The van der Waals surface area contributed by atoms with Crippen LogP contribution in [-0.2, 0) is 14.8 Å². The average molecular weight is 403 g/mol. The third-order valence-electron chi connectivity index (χ3n) is 4.54. The van der Waals surface area contributed by atoms with E-state index in [4.69, 9.17) is 16.3 Å². The number of carbonyl (C=O) groups excluding carboxylic acids is 1. The Morgan fingerprint density at radius 1 is 1.42 bits per heavy atom. The number of benzene rings is 1. The number of sulfonamides is 1. The molecule has 0 aromatic heterocycles. The highest BCUT2D eigenvalue weighted by Gasteiger charge is 2.33. The first-order valence-electron chi connectivity index (χ1n) is 8.87. The van der Waals surface area contributed by atoms with Crippen molar-refractivity contribution >= 4 is 27.5 Å². The maximum absolute atomic E-state index is 12.9. The number of nitrogens with one attached hydrogen (secondary N) is 1. The van der Waals surface area contributed by atoms with E-state index >= 15 is 0 Å². The summed E-state index contributed by atoms with van der Waals surface area (Å²) >= 11 is 6.06. The van der Waals surface area contributed by atoms with E-state index < -0.39 is 10.0 Å². The summed E-state index contributed by atoms with van der Waals surface area (Å²) in [6.45, 7) is 5.41. The van der Waals surface area contributed by atoms with Crippen LogP contribution in [0.1, 0.15) is 33.1 Å². The van der Waals surface area contributed by atoms with Crippen molar-refractivity contribution in [1.82, 2.24) is 9.62 Å². The SMILES string of the molecule is COc1ccc(S(=O)(=O)N2CCCC(C(=O)NCCC(C)C)C2)cc1Cl. The Morgan fingerprint density at radius 2 is 2.15 bits per heavy atom. The molecule has 0 radical (unpaired) electrons. The van der Waals surface area contributed by atoms with Gasteiger partial charge in [0, 0.05) is 19.6 Å². The Morgan fingerprint density at radius 3 is 2.77 bits per heavy atom. The zero-order chi connectivity index (χ0) is 19.3. The summed E-state index contributed by atoms with van der Waals surface area (Å²) in [5, 5.41) is 3.17. The zero-order valence-corrected chi connectivity index (χ0v) is 17.1. The summed E-state index contributed by atoms with van der Waals surface area (Å²) < 4.78 is 32.3. The van der Waals surface area contributed by atoms with Gasteiger partial charge in [-0.2, -0.15) is 4.31 Å². The minimum Gasteiger partial charge on any atom is -0.495 e. The minimum atomic E-state index is -3.70. The maximum atomic E-state index is 12.9. The summed E-state index contributed by atoms with van der Waals surface area (Å²) in [5.41, 5.74) is 0. The lowest BCUT2D eigenvalue weighted by atomic mass is 9.98. The topological polar surface area (TPSA) is 75.7 Å². The molecule has 0 spiro atoms. The van der Waals surface area contributed by atoms with E-state index in [1.807, 2.05) is 0 Å². The third kappa shape index (κ3) is 5.11. The fourth-order valence-corrected chi connectivity index (χ4v) is 4.83. The molecule has 1 aromatic carbocycles. The van der Waals surface area contributed by atoms with Crippen LogP contribution in [0.2, 0.25) is 5.02 Å². The van der Waals surface area contributed by atoms with Gasteiger partial charge in [-0.1, -0.05) is 25.4 Å². The van der Waals surface area contributed by atoms with Crippen LogP contribution in [0.5, 0.6) is 5.75 Å². The molecule has 1 aromatic rings. The van der Waals surface area contributed by atoms with Crippen LogP contribution in [-0.4, -0.2) is 45.4 Å². The Kier molecular flexibility index (Phi) is 7.32. The van der Waals surface area contributed by atoms with Gasteiger partial charge in [0.2, 0.25) is 15.9 Å². The number of amides is 1. The van der Waals surface area contributed by atoms with Crippen molar-refractivity contribution < 1.29 is 17.9 Å². The number of piperidine rings is 1. The highest BCUT2D eigenvalue weighted by Crippen LogP contribution is 2.30. The van der Waals surface area contributed by atoms with Crippen molar-refractivity contribution in [1.29, 1.82) is 0 Å². The number of hydrogen-bond donors (Lipinski definition) is 1. The Balaban J connectivity index is 2.07. The van der Waals surface area contributed by atoms with E-state index in [0.29, 0.717) is 37.6 Å². The number of hydrogen-bond acceptors (Lipinski definition) is 4. The normalized spacial score (nSPS) is 18.7. The Bertz CT molecular complexity index is 737. The van der Waals surface area contributed by atoms with Crippen LogP contribution in [0.4, 0.5) is 0 Å². The molecule has 1 unspecified atom stereocenters. The lowest BCUT2D eigenvalue weighted by Crippen LogP contribution is -2.45. The van der Waals surface area contributed by atoms with Crippen LogP contribution in [0.15, 0.2) is 23.1 Å².